The number of ether oxygens (including phenoxy) is 1. The highest BCUT2D eigenvalue weighted by Gasteiger charge is 2.53. The van der Waals surface area contributed by atoms with Gasteiger partial charge in [0.25, 0.3) is 0 Å². The van der Waals surface area contributed by atoms with E-state index in [1.165, 1.54) is 0 Å². The summed E-state index contributed by atoms with van der Waals surface area (Å²) in [7, 11) is 1.61. The van der Waals surface area contributed by atoms with Gasteiger partial charge in [-0.1, -0.05) is 0 Å². The summed E-state index contributed by atoms with van der Waals surface area (Å²) in [5, 5.41) is 6.70. The summed E-state index contributed by atoms with van der Waals surface area (Å²) in [5.74, 6) is 2.81. The second-order valence-electron chi connectivity index (χ2n) is 4.08. The van der Waals surface area contributed by atoms with E-state index in [0.717, 1.165) is 24.9 Å². The first kappa shape index (κ1) is 8.91. The fraction of sp³-hybridized carbons (Fsp3) is 0.600. The van der Waals surface area contributed by atoms with Crippen molar-refractivity contribution in [2.24, 2.45) is 11.8 Å². The molecule has 1 saturated carbocycles. The molecule has 2 aliphatic rings. The van der Waals surface area contributed by atoms with Gasteiger partial charge in [0.05, 0.1) is 7.11 Å². The Hall–Kier alpha value is -1.36. The summed E-state index contributed by atoms with van der Waals surface area (Å²) in [6.45, 7) is 2.23. The first-order chi connectivity index (χ1) is 7.38. The Bertz CT molecular complexity index is 360. The number of anilines is 1. The molecule has 0 spiro atoms. The fourth-order valence-corrected chi connectivity index (χ4v) is 2.31. The van der Waals surface area contributed by atoms with Crippen molar-refractivity contribution in [3.8, 4) is 5.88 Å². The largest absolute Gasteiger partial charge is 0.481 e. The first-order valence-electron chi connectivity index (χ1n) is 5.23. The van der Waals surface area contributed by atoms with E-state index in [9.17, 15) is 0 Å². The molecule has 1 saturated heterocycles. The quantitative estimate of drug-likeness (QED) is 0.735. The lowest BCUT2D eigenvalue weighted by molar-refractivity contribution is 0.397. The van der Waals surface area contributed by atoms with Crippen molar-refractivity contribution in [2.45, 2.75) is 6.04 Å². The van der Waals surface area contributed by atoms with Crippen molar-refractivity contribution in [1.29, 1.82) is 0 Å². The Morgan fingerprint density at radius 1 is 1.47 bits per heavy atom. The van der Waals surface area contributed by atoms with Crippen molar-refractivity contribution >= 4 is 5.95 Å². The number of nitrogens with one attached hydrogen (secondary N) is 2. The lowest BCUT2D eigenvalue weighted by atomic mass is 10.4. The van der Waals surface area contributed by atoms with Crippen molar-refractivity contribution < 1.29 is 4.74 Å². The number of rotatable bonds is 3. The molecule has 0 radical (unpaired) electrons. The standard InChI is InChI=1S/C10H14N4O/c1-15-8-2-3-12-10(13-8)14-9-6-4-11-5-7(6)9/h2-3,6-7,9,11H,4-5H2,1H3,(H,12,13,14). The molecule has 2 atom stereocenters. The van der Waals surface area contributed by atoms with Crippen molar-refractivity contribution in [1.82, 2.24) is 15.3 Å². The maximum atomic E-state index is 5.05. The van der Waals surface area contributed by atoms with E-state index >= 15 is 0 Å². The Morgan fingerprint density at radius 3 is 3.00 bits per heavy atom. The number of piperidine rings is 1. The molecule has 2 N–H and O–H groups in total. The fourth-order valence-electron chi connectivity index (χ4n) is 2.31. The lowest BCUT2D eigenvalue weighted by Crippen LogP contribution is -2.22. The average molecular weight is 206 g/mol. The van der Waals surface area contributed by atoms with E-state index in [1.54, 1.807) is 19.4 Å². The van der Waals surface area contributed by atoms with Crippen LogP contribution < -0.4 is 15.4 Å². The molecule has 0 bridgehead atoms. The highest BCUT2D eigenvalue weighted by Crippen LogP contribution is 2.43. The molecule has 0 aromatic carbocycles. The lowest BCUT2D eigenvalue weighted by Gasteiger charge is -2.07. The van der Waals surface area contributed by atoms with E-state index < -0.39 is 0 Å². The number of hydrogen-bond donors (Lipinski definition) is 2. The van der Waals surface area contributed by atoms with E-state index in [1.807, 2.05) is 0 Å². The van der Waals surface area contributed by atoms with Crippen molar-refractivity contribution in [3.63, 3.8) is 0 Å². The van der Waals surface area contributed by atoms with Crippen molar-refractivity contribution in [3.05, 3.63) is 12.3 Å². The second-order valence-corrected chi connectivity index (χ2v) is 4.08. The number of methoxy groups -OCH3 is 1. The molecular weight excluding hydrogens is 192 g/mol. The molecule has 1 aromatic heterocycles. The molecule has 15 heavy (non-hydrogen) atoms. The Labute approximate surface area is 88.3 Å². The van der Waals surface area contributed by atoms with Gasteiger partial charge < -0.3 is 15.4 Å². The van der Waals surface area contributed by atoms with E-state index in [2.05, 4.69) is 20.6 Å². The molecule has 1 aliphatic heterocycles. The molecule has 5 heteroatoms. The third kappa shape index (κ3) is 1.52. The van der Waals surface area contributed by atoms with Gasteiger partial charge in [0.15, 0.2) is 0 Å². The van der Waals surface area contributed by atoms with E-state index in [0.29, 0.717) is 17.9 Å². The minimum atomic E-state index is 0.554. The average Bonchev–Trinajstić information content (AvgIpc) is 2.75. The monoisotopic (exact) mass is 206 g/mol. The maximum Gasteiger partial charge on any atom is 0.226 e. The summed E-state index contributed by atoms with van der Waals surface area (Å²) in [6.07, 6.45) is 1.71. The van der Waals surface area contributed by atoms with Gasteiger partial charge in [-0.2, -0.15) is 4.98 Å². The van der Waals surface area contributed by atoms with Crippen molar-refractivity contribution in [2.75, 3.05) is 25.5 Å². The predicted octanol–water partition coefficient (Wildman–Crippen LogP) is 0.115. The molecule has 0 amide bonds. The van der Waals surface area contributed by atoms with Crippen LogP contribution in [0.1, 0.15) is 0 Å². The summed E-state index contributed by atoms with van der Waals surface area (Å²) in [5.41, 5.74) is 0. The maximum absolute atomic E-state index is 5.05. The van der Waals surface area contributed by atoms with E-state index in [-0.39, 0.29) is 0 Å². The van der Waals surface area contributed by atoms with Crippen LogP contribution in [0.4, 0.5) is 5.95 Å². The normalized spacial score (nSPS) is 32.2. The predicted molar refractivity (Wildman–Crippen MR) is 55.8 cm³/mol. The smallest absolute Gasteiger partial charge is 0.226 e. The van der Waals surface area contributed by atoms with Crippen LogP contribution in [-0.2, 0) is 0 Å². The summed E-state index contributed by atoms with van der Waals surface area (Å²) >= 11 is 0. The molecule has 3 rings (SSSR count). The third-order valence-corrected chi connectivity index (χ3v) is 3.23. The topological polar surface area (TPSA) is 59.1 Å². The van der Waals surface area contributed by atoms with Gasteiger partial charge in [-0.3, -0.25) is 0 Å². The van der Waals surface area contributed by atoms with Gasteiger partial charge in [0.2, 0.25) is 11.8 Å². The van der Waals surface area contributed by atoms with Gasteiger partial charge in [0, 0.05) is 31.4 Å². The molecule has 1 aromatic rings. The number of nitrogens with zero attached hydrogens (tertiary/aromatic N) is 2. The van der Waals surface area contributed by atoms with Crippen LogP contribution in [0.5, 0.6) is 5.88 Å². The Morgan fingerprint density at radius 2 is 2.27 bits per heavy atom. The van der Waals surface area contributed by atoms with E-state index in [4.69, 9.17) is 4.74 Å². The van der Waals surface area contributed by atoms with Crippen LogP contribution in [-0.4, -0.2) is 36.2 Å². The van der Waals surface area contributed by atoms with Crippen LogP contribution in [0.15, 0.2) is 12.3 Å². The number of hydrogen-bond acceptors (Lipinski definition) is 5. The highest BCUT2D eigenvalue weighted by atomic mass is 16.5. The Balaban J connectivity index is 1.67. The van der Waals surface area contributed by atoms with Crippen LogP contribution in [0, 0.1) is 11.8 Å². The second kappa shape index (κ2) is 3.34. The van der Waals surface area contributed by atoms with Gasteiger partial charge >= 0.3 is 0 Å². The molecule has 2 heterocycles. The van der Waals surface area contributed by atoms with Crippen LogP contribution in [0.3, 0.4) is 0 Å². The van der Waals surface area contributed by atoms with Gasteiger partial charge in [0.1, 0.15) is 0 Å². The molecule has 80 valence electrons. The Kier molecular flexibility index (Phi) is 1.98. The van der Waals surface area contributed by atoms with Crippen LogP contribution in [0.2, 0.25) is 0 Å². The molecule has 2 fully saturated rings. The molecule has 5 nitrogen and oxygen atoms in total. The summed E-state index contributed by atoms with van der Waals surface area (Å²) in [4.78, 5) is 8.41. The zero-order valence-corrected chi connectivity index (χ0v) is 8.60. The van der Waals surface area contributed by atoms with Gasteiger partial charge in [-0.25, -0.2) is 4.98 Å². The summed E-state index contributed by atoms with van der Waals surface area (Å²) < 4.78 is 5.05. The molecular formula is C10H14N4O. The number of aromatic nitrogens is 2. The molecule has 2 unspecified atom stereocenters. The first-order valence-corrected chi connectivity index (χ1v) is 5.23. The highest BCUT2D eigenvalue weighted by molar-refractivity contribution is 5.34. The zero-order valence-electron chi connectivity index (χ0n) is 8.60. The van der Waals surface area contributed by atoms with Gasteiger partial charge in [-0.05, 0) is 11.8 Å². The number of fused-ring (bicyclic) bond motifs is 1. The minimum Gasteiger partial charge on any atom is -0.481 e. The van der Waals surface area contributed by atoms with Crippen LogP contribution in [0.25, 0.3) is 0 Å². The summed E-state index contributed by atoms with van der Waals surface area (Å²) in [6, 6.07) is 2.30. The van der Waals surface area contributed by atoms with Gasteiger partial charge in [-0.15, -0.1) is 0 Å². The van der Waals surface area contributed by atoms with Crippen LogP contribution >= 0.6 is 0 Å². The third-order valence-electron chi connectivity index (χ3n) is 3.23. The SMILES string of the molecule is COc1ccnc(NC2C3CNCC32)n1. The zero-order chi connectivity index (χ0) is 10.3. The molecule has 1 aliphatic carbocycles. The minimum absolute atomic E-state index is 0.554.